The van der Waals surface area contributed by atoms with Crippen molar-refractivity contribution in [2.75, 3.05) is 13.6 Å². The van der Waals surface area contributed by atoms with Gasteiger partial charge in [-0.1, -0.05) is 17.7 Å². The molecule has 140 valence electrons. The van der Waals surface area contributed by atoms with Crippen LogP contribution in [0.15, 0.2) is 40.9 Å². The highest BCUT2D eigenvalue weighted by molar-refractivity contribution is 6.32. The fraction of sp³-hybridized carbons (Fsp3) is 0.316. The first-order valence-electron chi connectivity index (χ1n) is 8.10. The zero-order chi connectivity index (χ0) is 16.5. The van der Waals surface area contributed by atoms with E-state index in [1.165, 1.54) is 16.5 Å². The lowest BCUT2D eigenvalue weighted by Crippen LogP contribution is -2.19. The van der Waals surface area contributed by atoms with Crippen molar-refractivity contribution >= 4 is 47.4 Å². The van der Waals surface area contributed by atoms with Crippen molar-refractivity contribution in [3.8, 4) is 0 Å². The van der Waals surface area contributed by atoms with Gasteiger partial charge in [-0.2, -0.15) is 0 Å². The number of hydrogen-bond acceptors (Lipinski definition) is 4. The van der Waals surface area contributed by atoms with E-state index in [1.54, 1.807) is 6.20 Å². The maximum atomic E-state index is 6.42. The fourth-order valence-corrected chi connectivity index (χ4v) is 3.51. The molecule has 4 rings (SSSR count). The summed E-state index contributed by atoms with van der Waals surface area (Å²) in [6, 6.07) is 9.70. The Kier molecular flexibility index (Phi) is 7.33. The maximum Gasteiger partial charge on any atom is 0.135 e. The van der Waals surface area contributed by atoms with Crippen LogP contribution in [0.3, 0.4) is 0 Å². The molecule has 0 amide bonds. The number of pyridine rings is 1. The fourth-order valence-electron chi connectivity index (χ4n) is 3.26. The molecular formula is C19H21Cl3N2O2. The lowest BCUT2D eigenvalue weighted by atomic mass is 10.0. The normalized spacial score (nSPS) is 13.8. The summed E-state index contributed by atoms with van der Waals surface area (Å²) in [6.45, 7) is 2.75. The van der Waals surface area contributed by atoms with Gasteiger partial charge in [0, 0.05) is 35.3 Å². The van der Waals surface area contributed by atoms with E-state index in [-0.39, 0.29) is 24.8 Å². The quantitative estimate of drug-likeness (QED) is 0.599. The van der Waals surface area contributed by atoms with Crippen molar-refractivity contribution in [1.29, 1.82) is 0 Å². The Balaban J connectivity index is 0.00000121. The van der Waals surface area contributed by atoms with Crippen LogP contribution in [-0.2, 0) is 30.9 Å². The van der Waals surface area contributed by atoms with E-state index in [0.717, 1.165) is 41.6 Å². The number of ether oxygens (including phenoxy) is 1. The second-order valence-electron chi connectivity index (χ2n) is 6.20. The molecule has 1 aliphatic heterocycles. The van der Waals surface area contributed by atoms with E-state index in [0.29, 0.717) is 13.2 Å². The molecule has 3 aromatic rings. The highest BCUT2D eigenvalue weighted by Crippen LogP contribution is 2.36. The molecule has 0 radical (unpaired) electrons. The summed E-state index contributed by atoms with van der Waals surface area (Å²) in [6.07, 6.45) is 2.71. The van der Waals surface area contributed by atoms with Crippen LogP contribution >= 0.6 is 36.4 Å². The highest BCUT2D eigenvalue weighted by atomic mass is 35.5. The Morgan fingerprint density at radius 2 is 2.00 bits per heavy atom. The lowest BCUT2D eigenvalue weighted by molar-refractivity contribution is 0.0904. The van der Waals surface area contributed by atoms with Crippen LogP contribution in [0.4, 0.5) is 0 Å². The van der Waals surface area contributed by atoms with Gasteiger partial charge in [0.05, 0.1) is 12.3 Å². The predicted octanol–water partition coefficient (Wildman–Crippen LogP) is 5.03. The van der Waals surface area contributed by atoms with Gasteiger partial charge < -0.3 is 14.1 Å². The first-order valence-corrected chi connectivity index (χ1v) is 8.48. The van der Waals surface area contributed by atoms with Crippen LogP contribution in [0, 0.1) is 0 Å². The Labute approximate surface area is 170 Å². The average molecular weight is 416 g/mol. The summed E-state index contributed by atoms with van der Waals surface area (Å²) in [4.78, 5) is 6.57. The number of rotatable bonds is 4. The van der Waals surface area contributed by atoms with Gasteiger partial charge in [-0.15, -0.1) is 24.8 Å². The van der Waals surface area contributed by atoms with E-state index in [9.17, 15) is 0 Å². The smallest absolute Gasteiger partial charge is 0.135 e. The third-order valence-corrected chi connectivity index (χ3v) is 4.82. The molecule has 3 heterocycles. The topological polar surface area (TPSA) is 38.5 Å². The zero-order valence-electron chi connectivity index (χ0n) is 14.4. The minimum atomic E-state index is 0. The number of likely N-dealkylation sites (N-methyl/N-ethyl adjacent to an activating group) is 1. The first kappa shape index (κ1) is 21.0. The summed E-state index contributed by atoms with van der Waals surface area (Å²) in [5.74, 6) is 0.887. The van der Waals surface area contributed by atoms with Gasteiger partial charge in [0.1, 0.15) is 18.0 Å². The number of aromatic nitrogens is 1. The third kappa shape index (κ3) is 4.16. The van der Waals surface area contributed by atoms with Gasteiger partial charge in [0.15, 0.2) is 0 Å². The molecule has 1 aliphatic rings. The molecule has 0 saturated carbocycles. The van der Waals surface area contributed by atoms with Crippen molar-refractivity contribution in [2.24, 2.45) is 0 Å². The van der Waals surface area contributed by atoms with Gasteiger partial charge in [-0.25, -0.2) is 0 Å². The van der Waals surface area contributed by atoms with Gasteiger partial charge in [0.25, 0.3) is 0 Å². The van der Waals surface area contributed by atoms with Crippen LogP contribution in [0.1, 0.15) is 22.6 Å². The van der Waals surface area contributed by atoms with E-state index in [1.807, 2.05) is 30.3 Å². The minimum Gasteiger partial charge on any atom is -0.458 e. The minimum absolute atomic E-state index is 0. The summed E-state index contributed by atoms with van der Waals surface area (Å²) in [5, 5.41) is 1.99. The molecule has 0 spiro atoms. The summed E-state index contributed by atoms with van der Waals surface area (Å²) in [5.41, 5.74) is 4.20. The van der Waals surface area contributed by atoms with Gasteiger partial charge in [0.2, 0.25) is 0 Å². The number of halogens is 3. The SMILES string of the molecule is CN1CCc2c(Cl)ccc3oc(COCc4ccccn4)c(c23)C1.Cl.Cl. The highest BCUT2D eigenvalue weighted by Gasteiger charge is 2.23. The second-order valence-corrected chi connectivity index (χ2v) is 6.61. The third-order valence-electron chi connectivity index (χ3n) is 4.47. The Morgan fingerprint density at radius 1 is 1.15 bits per heavy atom. The molecule has 26 heavy (non-hydrogen) atoms. The molecule has 2 aromatic heterocycles. The number of furan rings is 1. The second kappa shape index (κ2) is 9.07. The molecule has 0 atom stereocenters. The molecule has 4 nitrogen and oxygen atoms in total. The molecular weight excluding hydrogens is 395 g/mol. The van der Waals surface area contributed by atoms with Crippen LogP contribution in [0.2, 0.25) is 5.02 Å². The maximum absolute atomic E-state index is 6.42. The Morgan fingerprint density at radius 3 is 2.77 bits per heavy atom. The van der Waals surface area contributed by atoms with Crippen molar-refractivity contribution in [1.82, 2.24) is 9.88 Å². The van der Waals surface area contributed by atoms with Crippen LogP contribution < -0.4 is 0 Å². The molecule has 0 saturated heterocycles. The van der Waals surface area contributed by atoms with Crippen molar-refractivity contribution in [3.05, 3.63) is 64.1 Å². The molecule has 1 aromatic carbocycles. The summed E-state index contributed by atoms with van der Waals surface area (Å²) >= 11 is 6.42. The van der Waals surface area contributed by atoms with Crippen LogP contribution in [0.5, 0.6) is 0 Å². The van der Waals surface area contributed by atoms with Gasteiger partial charge in [-0.3, -0.25) is 4.98 Å². The van der Waals surface area contributed by atoms with Crippen LogP contribution in [0.25, 0.3) is 11.0 Å². The predicted molar refractivity (Wildman–Crippen MR) is 108 cm³/mol. The van der Waals surface area contributed by atoms with E-state index in [2.05, 4.69) is 16.9 Å². The van der Waals surface area contributed by atoms with Crippen molar-refractivity contribution in [2.45, 2.75) is 26.2 Å². The molecule has 0 bridgehead atoms. The number of nitrogens with zero attached hydrogens (tertiary/aromatic N) is 2. The molecule has 0 N–H and O–H groups in total. The number of hydrogen-bond donors (Lipinski definition) is 0. The number of benzene rings is 1. The summed E-state index contributed by atoms with van der Waals surface area (Å²) < 4.78 is 11.9. The van der Waals surface area contributed by atoms with Gasteiger partial charge >= 0.3 is 0 Å². The van der Waals surface area contributed by atoms with Crippen LogP contribution in [-0.4, -0.2) is 23.5 Å². The van der Waals surface area contributed by atoms with Crippen molar-refractivity contribution < 1.29 is 9.15 Å². The molecule has 0 unspecified atom stereocenters. The molecule has 0 fully saturated rings. The van der Waals surface area contributed by atoms with E-state index in [4.69, 9.17) is 20.8 Å². The lowest BCUT2D eigenvalue weighted by Gasteiger charge is -2.13. The average Bonchev–Trinajstić information content (AvgIpc) is 2.81. The monoisotopic (exact) mass is 414 g/mol. The Bertz CT molecular complexity index is 868. The van der Waals surface area contributed by atoms with E-state index >= 15 is 0 Å². The van der Waals surface area contributed by atoms with Gasteiger partial charge in [-0.05, 0) is 43.3 Å². The standard InChI is InChI=1S/C19H19ClN2O2.2ClH/c1-22-9-7-14-16(20)5-6-17-19(14)15(10-22)18(24-17)12-23-11-13-4-2-3-8-21-13;;/h2-6,8H,7,9-12H2,1H3;2*1H. The molecule has 0 aliphatic carbocycles. The Hall–Kier alpha value is -1.30. The summed E-state index contributed by atoms with van der Waals surface area (Å²) in [7, 11) is 2.12. The largest absolute Gasteiger partial charge is 0.458 e. The van der Waals surface area contributed by atoms with Crippen molar-refractivity contribution in [3.63, 3.8) is 0 Å². The molecule has 7 heteroatoms. The van der Waals surface area contributed by atoms with E-state index < -0.39 is 0 Å². The first-order chi connectivity index (χ1) is 11.7. The zero-order valence-corrected chi connectivity index (χ0v) is 16.8.